The lowest BCUT2D eigenvalue weighted by atomic mass is 10.1. The molecule has 0 unspecified atom stereocenters. The van der Waals surface area contributed by atoms with Crippen LogP contribution in [0.5, 0.6) is 11.5 Å². The van der Waals surface area contributed by atoms with E-state index >= 15 is 0 Å². The maximum Gasteiger partial charge on any atom is 0.271 e. The minimum absolute atomic E-state index is 0.0617. The fourth-order valence-corrected chi connectivity index (χ4v) is 2.76. The van der Waals surface area contributed by atoms with E-state index in [1.165, 1.54) is 0 Å². The molecule has 3 aromatic rings. The minimum atomic E-state index is -0.664. The molecule has 1 aromatic heterocycles. The number of aryl methyl sites for hydroxylation is 1. The van der Waals surface area contributed by atoms with Gasteiger partial charge in [-0.2, -0.15) is 0 Å². The first-order chi connectivity index (χ1) is 12.6. The lowest BCUT2D eigenvalue weighted by molar-refractivity contribution is 0.0996. The number of amides is 1. The molecule has 1 heterocycles. The minimum Gasteiger partial charge on any atom is -0.497 e. The molecule has 1 amide bonds. The van der Waals surface area contributed by atoms with E-state index in [9.17, 15) is 4.79 Å². The van der Waals surface area contributed by atoms with Crippen LogP contribution in [0.15, 0.2) is 36.4 Å². The number of rotatable bonds is 6. The SMILES string of the molecule is CCc1cc(OC)cc(Nc2nc3ccccc3nc2C(N)=O)c1OC. The summed E-state index contributed by atoms with van der Waals surface area (Å²) in [6.45, 7) is 2.02. The second-order valence-corrected chi connectivity index (χ2v) is 5.62. The molecule has 2 aromatic carbocycles. The molecule has 0 bridgehead atoms. The average Bonchev–Trinajstić information content (AvgIpc) is 2.66. The van der Waals surface area contributed by atoms with Crippen LogP contribution in [0, 0.1) is 0 Å². The number of carbonyl (C=O) groups is 1. The number of hydrogen-bond donors (Lipinski definition) is 2. The molecule has 3 rings (SSSR count). The number of carbonyl (C=O) groups excluding carboxylic acids is 1. The first kappa shape index (κ1) is 17.5. The van der Waals surface area contributed by atoms with Gasteiger partial charge in [-0.3, -0.25) is 4.79 Å². The van der Waals surface area contributed by atoms with Crippen molar-refractivity contribution in [3.63, 3.8) is 0 Å². The molecule has 3 N–H and O–H groups in total. The van der Waals surface area contributed by atoms with Crippen LogP contribution in [-0.4, -0.2) is 30.1 Å². The molecule has 0 atom stereocenters. The highest BCUT2D eigenvalue weighted by molar-refractivity contribution is 5.98. The summed E-state index contributed by atoms with van der Waals surface area (Å²) in [7, 11) is 3.18. The van der Waals surface area contributed by atoms with Crippen LogP contribution in [-0.2, 0) is 6.42 Å². The predicted molar refractivity (Wildman–Crippen MR) is 100 cm³/mol. The first-order valence-corrected chi connectivity index (χ1v) is 8.15. The van der Waals surface area contributed by atoms with Crippen molar-refractivity contribution in [1.82, 2.24) is 9.97 Å². The van der Waals surface area contributed by atoms with Crippen molar-refractivity contribution >= 4 is 28.4 Å². The molecule has 7 nitrogen and oxygen atoms in total. The number of nitrogens with two attached hydrogens (primary N) is 1. The van der Waals surface area contributed by atoms with Gasteiger partial charge in [0.05, 0.1) is 30.9 Å². The topological polar surface area (TPSA) is 99.4 Å². The van der Waals surface area contributed by atoms with Crippen LogP contribution in [0.1, 0.15) is 23.0 Å². The molecule has 0 aliphatic carbocycles. The lowest BCUT2D eigenvalue weighted by Crippen LogP contribution is -2.17. The van der Waals surface area contributed by atoms with Crippen LogP contribution in [0.2, 0.25) is 0 Å². The molecular weight excluding hydrogens is 332 g/mol. The van der Waals surface area contributed by atoms with E-state index in [1.54, 1.807) is 26.4 Å². The summed E-state index contributed by atoms with van der Waals surface area (Å²) in [6, 6.07) is 11.0. The van der Waals surface area contributed by atoms with Crippen molar-refractivity contribution in [3.8, 4) is 11.5 Å². The third-order valence-corrected chi connectivity index (χ3v) is 4.02. The molecular formula is C19H20N4O3. The van der Waals surface area contributed by atoms with Gasteiger partial charge in [0.25, 0.3) is 5.91 Å². The summed E-state index contributed by atoms with van der Waals surface area (Å²) < 4.78 is 10.9. The predicted octanol–water partition coefficient (Wildman–Crippen LogP) is 3.05. The van der Waals surface area contributed by atoms with Crippen LogP contribution in [0.3, 0.4) is 0 Å². The number of nitrogens with one attached hydrogen (secondary N) is 1. The smallest absolute Gasteiger partial charge is 0.271 e. The quantitative estimate of drug-likeness (QED) is 0.707. The fourth-order valence-electron chi connectivity index (χ4n) is 2.76. The molecule has 0 saturated heterocycles. The standard InChI is InChI=1S/C19H20N4O3/c1-4-11-9-12(25-2)10-15(17(11)26-3)23-19-16(18(20)24)21-13-7-5-6-8-14(13)22-19/h5-10H,4H2,1-3H3,(H2,20,24)(H,22,23). The summed E-state index contributed by atoms with van der Waals surface area (Å²) in [5, 5.41) is 3.14. The van der Waals surface area contributed by atoms with E-state index in [2.05, 4.69) is 15.3 Å². The summed E-state index contributed by atoms with van der Waals surface area (Å²) >= 11 is 0. The van der Waals surface area contributed by atoms with Crippen molar-refractivity contribution in [2.75, 3.05) is 19.5 Å². The van der Waals surface area contributed by atoms with E-state index in [4.69, 9.17) is 15.2 Å². The Morgan fingerprint density at radius 3 is 2.38 bits per heavy atom. The highest BCUT2D eigenvalue weighted by Gasteiger charge is 2.18. The molecule has 0 fully saturated rings. The number of hydrogen-bond acceptors (Lipinski definition) is 6. The Kier molecular flexibility index (Phi) is 4.88. The number of benzene rings is 2. The van der Waals surface area contributed by atoms with E-state index in [-0.39, 0.29) is 11.5 Å². The number of nitrogens with zero attached hydrogens (tertiary/aromatic N) is 2. The Morgan fingerprint density at radius 2 is 1.81 bits per heavy atom. The molecule has 0 spiro atoms. The number of aromatic nitrogens is 2. The van der Waals surface area contributed by atoms with Crippen molar-refractivity contribution in [2.45, 2.75) is 13.3 Å². The van der Waals surface area contributed by atoms with Gasteiger partial charge in [0.1, 0.15) is 11.5 Å². The zero-order valence-corrected chi connectivity index (χ0v) is 14.9. The van der Waals surface area contributed by atoms with E-state index < -0.39 is 5.91 Å². The van der Waals surface area contributed by atoms with Gasteiger partial charge in [0.15, 0.2) is 11.5 Å². The first-order valence-electron chi connectivity index (χ1n) is 8.15. The third-order valence-electron chi connectivity index (χ3n) is 4.02. The zero-order chi connectivity index (χ0) is 18.7. The second-order valence-electron chi connectivity index (χ2n) is 5.62. The van der Waals surface area contributed by atoms with Gasteiger partial charge in [-0.25, -0.2) is 9.97 Å². The van der Waals surface area contributed by atoms with Gasteiger partial charge < -0.3 is 20.5 Å². The average molecular weight is 352 g/mol. The molecule has 134 valence electrons. The van der Waals surface area contributed by atoms with Crippen LogP contribution in [0.4, 0.5) is 11.5 Å². The Morgan fingerprint density at radius 1 is 1.12 bits per heavy atom. The van der Waals surface area contributed by atoms with Crippen molar-refractivity contribution in [3.05, 3.63) is 47.7 Å². The van der Waals surface area contributed by atoms with Crippen molar-refractivity contribution in [2.24, 2.45) is 5.73 Å². The van der Waals surface area contributed by atoms with Gasteiger partial charge in [0, 0.05) is 6.07 Å². The molecule has 0 aliphatic heterocycles. The Balaban J connectivity index is 2.16. The molecule has 0 saturated carbocycles. The number of primary amides is 1. The summed E-state index contributed by atoms with van der Waals surface area (Å²) in [5.74, 6) is 0.923. The second kappa shape index (κ2) is 7.26. The summed E-state index contributed by atoms with van der Waals surface area (Å²) in [4.78, 5) is 20.7. The number of methoxy groups -OCH3 is 2. The number of ether oxygens (including phenoxy) is 2. The maximum atomic E-state index is 11.9. The Bertz CT molecular complexity index is 972. The van der Waals surface area contributed by atoms with Crippen molar-refractivity contribution in [1.29, 1.82) is 0 Å². The normalized spacial score (nSPS) is 10.6. The number of anilines is 2. The largest absolute Gasteiger partial charge is 0.497 e. The van der Waals surface area contributed by atoms with Gasteiger partial charge in [-0.1, -0.05) is 19.1 Å². The highest BCUT2D eigenvalue weighted by Crippen LogP contribution is 2.36. The maximum absolute atomic E-state index is 11.9. The van der Waals surface area contributed by atoms with Crippen LogP contribution < -0.4 is 20.5 Å². The molecule has 0 aliphatic rings. The van der Waals surface area contributed by atoms with Gasteiger partial charge >= 0.3 is 0 Å². The highest BCUT2D eigenvalue weighted by atomic mass is 16.5. The van der Waals surface area contributed by atoms with E-state index in [0.717, 1.165) is 12.0 Å². The zero-order valence-electron chi connectivity index (χ0n) is 14.9. The molecule has 26 heavy (non-hydrogen) atoms. The van der Waals surface area contributed by atoms with Crippen LogP contribution in [0.25, 0.3) is 11.0 Å². The van der Waals surface area contributed by atoms with Gasteiger partial charge in [-0.05, 0) is 30.2 Å². The monoisotopic (exact) mass is 352 g/mol. The van der Waals surface area contributed by atoms with E-state index in [0.29, 0.717) is 28.2 Å². The van der Waals surface area contributed by atoms with Crippen molar-refractivity contribution < 1.29 is 14.3 Å². The van der Waals surface area contributed by atoms with Crippen LogP contribution >= 0.6 is 0 Å². The number of para-hydroxylation sites is 2. The van der Waals surface area contributed by atoms with E-state index in [1.807, 2.05) is 31.2 Å². The Labute approximate surface area is 151 Å². The number of fused-ring (bicyclic) bond motifs is 1. The molecule has 0 radical (unpaired) electrons. The third kappa shape index (κ3) is 3.23. The van der Waals surface area contributed by atoms with Gasteiger partial charge in [0.2, 0.25) is 0 Å². The fraction of sp³-hybridized carbons (Fsp3) is 0.211. The summed E-state index contributed by atoms with van der Waals surface area (Å²) in [5.41, 5.74) is 8.40. The lowest BCUT2D eigenvalue weighted by Gasteiger charge is -2.17. The van der Waals surface area contributed by atoms with Gasteiger partial charge in [-0.15, -0.1) is 0 Å². The summed E-state index contributed by atoms with van der Waals surface area (Å²) in [6.07, 6.45) is 0.751. The molecule has 7 heteroatoms. The Hall–Kier alpha value is -3.35.